The van der Waals surface area contributed by atoms with Crippen molar-refractivity contribution in [3.63, 3.8) is 0 Å². The summed E-state index contributed by atoms with van der Waals surface area (Å²) in [6.07, 6.45) is 6.34. The molecule has 100 valence electrons. The van der Waals surface area contributed by atoms with E-state index in [9.17, 15) is 0 Å². The molecule has 1 aliphatic rings. The van der Waals surface area contributed by atoms with E-state index in [-0.39, 0.29) is 6.04 Å². The van der Waals surface area contributed by atoms with Gasteiger partial charge >= 0.3 is 0 Å². The zero-order valence-electron chi connectivity index (χ0n) is 11.7. The van der Waals surface area contributed by atoms with E-state index in [4.69, 9.17) is 5.73 Å². The van der Waals surface area contributed by atoms with Gasteiger partial charge < -0.3 is 5.73 Å². The Morgan fingerprint density at radius 2 is 2.00 bits per heavy atom. The van der Waals surface area contributed by atoms with Crippen molar-refractivity contribution in [2.45, 2.75) is 51.7 Å². The average molecular weight is 247 g/mol. The second-order valence-electron chi connectivity index (χ2n) is 5.68. The maximum Gasteiger partial charge on any atom is 0.0500 e. The third-order valence-electron chi connectivity index (χ3n) is 4.33. The van der Waals surface area contributed by atoms with Crippen molar-refractivity contribution in [1.29, 1.82) is 0 Å². The maximum absolute atomic E-state index is 6.25. The molecule has 0 bridgehead atoms. The van der Waals surface area contributed by atoms with Crippen LogP contribution >= 0.6 is 0 Å². The predicted molar refractivity (Wildman–Crippen MR) is 75.2 cm³/mol. The minimum atomic E-state index is 0.139. The second kappa shape index (κ2) is 5.81. The minimum absolute atomic E-state index is 0.139. The number of hydrogen-bond acceptors (Lipinski definition) is 3. The molecule has 1 aromatic rings. The third kappa shape index (κ3) is 2.73. The number of nitrogens with zero attached hydrogens (tertiary/aromatic N) is 2. The van der Waals surface area contributed by atoms with Crippen molar-refractivity contribution in [1.82, 2.24) is 9.88 Å². The summed E-state index contributed by atoms with van der Waals surface area (Å²) >= 11 is 0. The van der Waals surface area contributed by atoms with Crippen LogP contribution in [-0.4, -0.2) is 28.5 Å². The van der Waals surface area contributed by atoms with Crippen LogP contribution in [0.3, 0.4) is 0 Å². The van der Waals surface area contributed by atoms with Gasteiger partial charge in [0.15, 0.2) is 0 Å². The Bertz CT molecular complexity index is 363. The molecule has 0 aliphatic carbocycles. The Morgan fingerprint density at radius 3 is 2.61 bits per heavy atom. The molecule has 18 heavy (non-hydrogen) atoms. The number of rotatable bonds is 3. The highest BCUT2D eigenvalue weighted by Gasteiger charge is 2.32. The van der Waals surface area contributed by atoms with E-state index in [0.29, 0.717) is 12.1 Å². The van der Waals surface area contributed by atoms with Gasteiger partial charge in [-0.05, 0) is 56.8 Å². The van der Waals surface area contributed by atoms with Crippen LogP contribution in [0.4, 0.5) is 0 Å². The lowest BCUT2D eigenvalue weighted by Gasteiger charge is -2.44. The number of hydrogen-bond donors (Lipinski definition) is 1. The van der Waals surface area contributed by atoms with Gasteiger partial charge in [-0.2, -0.15) is 0 Å². The molecule has 0 aromatic carbocycles. The largest absolute Gasteiger partial charge is 0.326 e. The van der Waals surface area contributed by atoms with Crippen molar-refractivity contribution < 1.29 is 0 Å². The summed E-state index contributed by atoms with van der Waals surface area (Å²) in [5, 5.41) is 0. The summed E-state index contributed by atoms with van der Waals surface area (Å²) < 4.78 is 0. The van der Waals surface area contributed by atoms with Crippen LogP contribution in [0.15, 0.2) is 24.5 Å². The molecule has 2 rings (SSSR count). The molecule has 4 unspecified atom stereocenters. The molecule has 1 saturated heterocycles. The predicted octanol–water partition coefficient (Wildman–Crippen LogP) is 2.59. The SMILES string of the molecule is CC(N)C(c1ccncc1)N1CCCC(C)C1C. The Morgan fingerprint density at radius 1 is 1.33 bits per heavy atom. The van der Waals surface area contributed by atoms with Crippen molar-refractivity contribution >= 4 is 0 Å². The zero-order chi connectivity index (χ0) is 13.1. The number of aromatic nitrogens is 1. The minimum Gasteiger partial charge on any atom is -0.326 e. The zero-order valence-corrected chi connectivity index (χ0v) is 11.7. The average Bonchev–Trinajstić information content (AvgIpc) is 2.36. The molecule has 0 radical (unpaired) electrons. The van der Waals surface area contributed by atoms with E-state index in [1.165, 1.54) is 18.4 Å². The molecule has 4 atom stereocenters. The fourth-order valence-electron chi connectivity index (χ4n) is 3.12. The summed E-state index contributed by atoms with van der Waals surface area (Å²) in [4.78, 5) is 6.68. The van der Waals surface area contributed by atoms with Crippen LogP contribution in [0.25, 0.3) is 0 Å². The molecule has 0 saturated carbocycles. The second-order valence-corrected chi connectivity index (χ2v) is 5.68. The van der Waals surface area contributed by atoms with E-state index < -0.39 is 0 Å². The van der Waals surface area contributed by atoms with Gasteiger partial charge in [0.05, 0.1) is 6.04 Å². The van der Waals surface area contributed by atoms with Gasteiger partial charge in [-0.25, -0.2) is 0 Å². The Balaban J connectivity index is 2.25. The van der Waals surface area contributed by atoms with Crippen molar-refractivity contribution in [2.24, 2.45) is 11.7 Å². The van der Waals surface area contributed by atoms with Crippen molar-refractivity contribution in [3.05, 3.63) is 30.1 Å². The first-order valence-electron chi connectivity index (χ1n) is 7.02. The lowest BCUT2D eigenvalue weighted by molar-refractivity contribution is 0.0579. The van der Waals surface area contributed by atoms with Gasteiger partial charge in [0.1, 0.15) is 0 Å². The number of nitrogens with two attached hydrogens (primary N) is 1. The highest BCUT2D eigenvalue weighted by molar-refractivity contribution is 5.17. The number of pyridine rings is 1. The standard InChI is InChI=1S/C15H25N3/c1-11-5-4-10-18(13(11)3)15(12(2)16)14-6-8-17-9-7-14/h6-9,11-13,15H,4-5,10,16H2,1-3H3. The van der Waals surface area contributed by atoms with E-state index in [1.54, 1.807) is 0 Å². The first-order valence-corrected chi connectivity index (χ1v) is 7.02. The lowest BCUT2D eigenvalue weighted by Crippen LogP contribution is -2.49. The molecule has 1 fully saturated rings. The molecule has 1 aliphatic heterocycles. The summed E-state index contributed by atoms with van der Waals surface area (Å²) in [6, 6.07) is 5.24. The normalized spacial score (nSPS) is 28.9. The first-order chi connectivity index (χ1) is 8.61. The molecule has 0 amide bonds. The monoisotopic (exact) mass is 247 g/mol. The fourth-order valence-corrected chi connectivity index (χ4v) is 3.12. The maximum atomic E-state index is 6.25. The van der Waals surface area contributed by atoms with E-state index in [0.717, 1.165) is 12.5 Å². The van der Waals surface area contributed by atoms with Gasteiger partial charge in [-0.3, -0.25) is 9.88 Å². The molecule has 1 aromatic heterocycles. The smallest absolute Gasteiger partial charge is 0.0500 e. The van der Waals surface area contributed by atoms with Crippen molar-refractivity contribution in [2.75, 3.05) is 6.54 Å². The van der Waals surface area contributed by atoms with Gasteiger partial charge in [-0.15, -0.1) is 0 Å². The Labute approximate surface area is 110 Å². The molecular formula is C15H25N3. The van der Waals surface area contributed by atoms with Gasteiger partial charge in [-0.1, -0.05) is 6.92 Å². The molecule has 2 heterocycles. The number of likely N-dealkylation sites (tertiary alicyclic amines) is 1. The van der Waals surface area contributed by atoms with Crippen molar-refractivity contribution in [3.8, 4) is 0 Å². The van der Waals surface area contributed by atoms with Crippen LogP contribution in [0.5, 0.6) is 0 Å². The molecule has 3 nitrogen and oxygen atoms in total. The highest BCUT2D eigenvalue weighted by atomic mass is 15.2. The van der Waals surface area contributed by atoms with Crippen LogP contribution in [-0.2, 0) is 0 Å². The van der Waals surface area contributed by atoms with Crippen LogP contribution in [0, 0.1) is 5.92 Å². The van der Waals surface area contributed by atoms with Crippen LogP contribution in [0.1, 0.15) is 45.2 Å². The quantitative estimate of drug-likeness (QED) is 0.892. The summed E-state index contributed by atoms with van der Waals surface area (Å²) in [6.45, 7) is 7.94. The van der Waals surface area contributed by atoms with Gasteiger partial charge in [0.25, 0.3) is 0 Å². The summed E-state index contributed by atoms with van der Waals surface area (Å²) in [5.74, 6) is 0.752. The molecule has 2 N–H and O–H groups in total. The molecule has 3 heteroatoms. The van der Waals surface area contributed by atoms with E-state index in [2.05, 4.69) is 42.8 Å². The van der Waals surface area contributed by atoms with Crippen LogP contribution < -0.4 is 5.73 Å². The third-order valence-corrected chi connectivity index (χ3v) is 4.33. The fraction of sp³-hybridized carbons (Fsp3) is 0.667. The van der Waals surface area contributed by atoms with Gasteiger partial charge in [0, 0.05) is 24.5 Å². The Hall–Kier alpha value is -0.930. The lowest BCUT2D eigenvalue weighted by atomic mass is 9.88. The summed E-state index contributed by atoms with van der Waals surface area (Å²) in [7, 11) is 0. The molecular weight excluding hydrogens is 222 g/mol. The Kier molecular flexibility index (Phi) is 4.36. The number of piperidine rings is 1. The van der Waals surface area contributed by atoms with E-state index >= 15 is 0 Å². The summed E-state index contributed by atoms with van der Waals surface area (Å²) in [5.41, 5.74) is 7.54. The first kappa shape index (κ1) is 13.5. The topological polar surface area (TPSA) is 42.1 Å². The van der Waals surface area contributed by atoms with Crippen LogP contribution in [0.2, 0.25) is 0 Å². The molecule has 0 spiro atoms. The van der Waals surface area contributed by atoms with Gasteiger partial charge in [0.2, 0.25) is 0 Å². The highest BCUT2D eigenvalue weighted by Crippen LogP contribution is 2.32. The van der Waals surface area contributed by atoms with E-state index in [1.807, 2.05) is 12.4 Å².